The highest BCUT2D eigenvalue weighted by Gasteiger charge is 2.00. The zero-order valence-corrected chi connectivity index (χ0v) is 7.70. The van der Waals surface area contributed by atoms with Crippen molar-refractivity contribution in [2.75, 3.05) is 0 Å². The second-order valence-corrected chi connectivity index (χ2v) is 2.91. The van der Waals surface area contributed by atoms with E-state index in [0.717, 1.165) is 5.56 Å². The summed E-state index contributed by atoms with van der Waals surface area (Å²) < 4.78 is 0. The number of nitrogens with zero attached hydrogens (tertiary/aromatic N) is 1. The molecule has 0 spiro atoms. The maximum Gasteiger partial charge on any atom is 0.0905 e. The van der Waals surface area contributed by atoms with Crippen LogP contribution in [0.25, 0.3) is 0 Å². The normalized spacial score (nSPS) is 11.3. The van der Waals surface area contributed by atoms with Crippen molar-refractivity contribution in [3.8, 4) is 0 Å². The lowest BCUT2D eigenvalue weighted by molar-refractivity contribution is 0.318. The average molecular weight is 175 g/mol. The molecule has 1 N–H and O–H groups in total. The Bertz CT molecular complexity index is 311. The second kappa shape index (κ2) is 4.45. The van der Waals surface area contributed by atoms with Crippen molar-refractivity contribution in [1.29, 1.82) is 0 Å². The first-order valence-corrected chi connectivity index (χ1v) is 4.17. The van der Waals surface area contributed by atoms with Gasteiger partial charge in [-0.05, 0) is 12.5 Å². The Kier molecular flexibility index (Phi) is 3.26. The van der Waals surface area contributed by atoms with Crippen LogP contribution in [0, 0.1) is 6.92 Å². The molecule has 0 saturated carbocycles. The van der Waals surface area contributed by atoms with Crippen LogP contribution < -0.4 is 0 Å². The first-order valence-electron chi connectivity index (χ1n) is 4.17. The molecule has 1 aromatic rings. The molecule has 0 bridgehead atoms. The zero-order chi connectivity index (χ0) is 9.68. The van der Waals surface area contributed by atoms with Crippen LogP contribution in [0.3, 0.4) is 0 Å². The fourth-order valence-electron chi connectivity index (χ4n) is 1.10. The summed E-state index contributed by atoms with van der Waals surface area (Å²) in [5.74, 6) is 0. The summed E-state index contributed by atoms with van der Waals surface area (Å²) >= 11 is 0. The summed E-state index contributed by atoms with van der Waals surface area (Å²) in [7, 11) is 0. The van der Waals surface area contributed by atoms with Gasteiger partial charge in [0.25, 0.3) is 0 Å². The fourth-order valence-corrected chi connectivity index (χ4v) is 1.10. The summed E-state index contributed by atoms with van der Waals surface area (Å²) in [4.78, 5) is 0. The number of oxime groups is 1. The Morgan fingerprint density at radius 2 is 2.08 bits per heavy atom. The van der Waals surface area contributed by atoms with Gasteiger partial charge in [0.2, 0.25) is 0 Å². The molecule has 0 atom stereocenters. The van der Waals surface area contributed by atoms with E-state index in [1.807, 2.05) is 31.2 Å². The van der Waals surface area contributed by atoms with Gasteiger partial charge in [-0.3, -0.25) is 0 Å². The van der Waals surface area contributed by atoms with E-state index < -0.39 is 0 Å². The van der Waals surface area contributed by atoms with E-state index in [1.165, 1.54) is 5.56 Å². The molecular weight excluding hydrogens is 162 g/mol. The number of hydrogen-bond donors (Lipinski definition) is 1. The number of allylic oxidation sites excluding steroid dienone is 1. The van der Waals surface area contributed by atoms with E-state index in [-0.39, 0.29) is 0 Å². The summed E-state index contributed by atoms with van der Waals surface area (Å²) in [5, 5.41) is 11.9. The van der Waals surface area contributed by atoms with Gasteiger partial charge in [-0.15, -0.1) is 6.58 Å². The van der Waals surface area contributed by atoms with Crippen molar-refractivity contribution in [3.05, 3.63) is 48.0 Å². The van der Waals surface area contributed by atoms with Crippen molar-refractivity contribution in [2.24, 2.45) is 5.16 Å². The Labute approximate surface area is 78.2 Å². The minimum absolute atomic E-state index is 0.583. The molecule has 0 amide bonds. The van der Waals surface area contributed by atoms with Gasteiger partial charge in [0, 0.05) is 6.42 Å². The molecule has 0 unspecified atom stereocenters. The zero-order valence-electron chi connectivity index (χ0n) is 7.70. The molecule has 0 aliphatic carbocycles. The van der Waals surface area contributed by atoms with Crippen molar-refractivity contribution in [2.45, 2.75) is 13.3 Å². The molecule has 2 nitrogen and oxygen atoms in total. The smallest absolute Gasteiger partial charge is 0.0905 e. The minimum Gasteiger partial charge on any atom is -0.411 e. The van der Waals surface area contributed by atoms with E-state index in [4.69, 9.17) is 5.21 Å². The first-order chi connectivity index (χ1) is 6.27. The van der Waals surface area contributed by atoms with Gasteiger partial charge < -0.3 is 5.21 Å². The fraction of sp³-hybridized carbons (Fsp3) is 0.182. The molecule has 1 rings (SSSR count). The topological polar surface area (TPSA) is 32.6 Å². The molecule has 68 valence electrons. The third kappa shape index (κ3) is 2.44. The molecule has 0 saturated heterocycles. The van der Waals surface area contributed by atoms with E-state index in [1.54, 1.807) is 6.08 Å². The van der Waals surface area contributed by atoms with Crippen LogP contribution >= 0.6 is 0 Å². The van der Waals surface area contributed by atoms with Gasteiger partial charge in [0.05, 0.1) is 5.71 Å². The average Bonchev–Trinajstić information content (AvgIpc) is 2.16. The van der Waals surface area contributed by atoms with Crippen LogP contribution in [0.15, 0.2) is 42.1 Å². The van der Waals surface area contributed by atoms with Crippen LogP contribution in [0.5, 0.6) is 0 Å². The highest BCUT2D eigenvalue weighted by Crippen LogP contribution is 2.07. The van der Waals surface area contributed by atoms with E-state index >= 15 is 0 Å². The minimum atomic E-state index is 0.583. The van der Waals surface area contributed by atoms with Gasteiger partial charge in [-0.25, -0.2) is 0 Å². The van der Waals surface area contributed by atoms with Gasteiger partial charge in [-0.1, -0.05) is 41.1 Å². The Morgan fingerprint density at radius 3 is 2.54 bits per heavy atom. The second-order valence-electron chi connectivity index (χ2n) is 2.91. The molecule has 0 heterocycles. The lowest BCUT2D eigenvalue weighted by Gasteiger charge is -2.01. The Hall–Kier alpha value is -1.57. The van der Waals surface area contributed by atoms with Crippen LogP contribution in [0.4, 0.5) is 0 Å². The van der Waals surface area contributed by atoms with Crippen molar-refractivity contribution >= 4 is 5.71 Å². The lowest BCUT2D eigenvalue weighted by Crippen LogP contribution is -1.98. The third-order valence-electron chi connectivity index (χ3n) is 1.84. The monoisotopic (exact) mass is 175 g/mol. The van der Waals surface area contributed by atoms with Gasteiger partial charge in [-0.2, -0.15) is 0 Å². The van der Waals surface area contributed by atoms with Gasteiger partial charge in [0.15, 0.2) is 0 Å². The molecule has 1 aromatic carbocycles. The van der Waals surface area contributed by atoms with Gasteiger partial charge in [0.1, 0.15) is 0 Å². The van der Waals surface area contributed by atoms with E-state index in [9.17, 15) is 0 Å². The molecular formula is C11H13NO. The molecule has 13 heavy (non-hydrogen) atoms. The molecule has 0 aromatic heterocycles. The predicted octanol–water partition coefficient (Wildman–Crippen LogP) is 2.75. The van der Waals surface area contributed by atoms with E-state index in [0.29, 0.717) is 12.1 Å². The van der Waals surface area contributed by atoms with Crippen molar-refractivity contribution in [1.82, 2.24) is 0 Å². The quantitative estimate of drug-likeness (QED) is 0.326. The third-order valence-corrected chi connectivity index (χ3v) is 1.84. The number of rotatable bonds is 3. The molecule has 0 aliphatic rings. The number of hydrogen-bond acceptors (Lipinski definition) is 2. The van der Waals surface area contributed by atoms with E-state index in [2.05, 4.69) is 11.7 Å². The van der Waals surface area contributed by atoms with Crippen molar-refractivity contribution < 1.29 is 5.21 Å². The van der Waals surface area contributed by atoms with Gasteiger partial charge >= 0.3 is 0 Å². The number of aryl methyl sites for hydroxylation is 1. The lowest BCUT2D eigenvalue weighted by atomic mass is 10.1. The summed E-state index contributed by atoms with van der Waals surface area (Å²) in [6, 6.07) is 7.86. The van der Waals surface area contributed by atoms with Crippen LogP contribution in [0.2, 0.25) is 0 Å². The van der Waals surface area contributed by atoms with Crippen LogP contribution in [-0.4, -0.2) is 10.9 Å². The number of benzene rings is 1. The van der Waals surface area contributed by atoms with Crippen LogP contribution in [-0.2, 0) is 0 Å². The summed E-state index contributed by atoms with van der Waals surface area (Å²) in [6.45, 7) is 5.62. The highest BCUT2D eigenvalue weighted by atomic mass is 16.4. The largest absolute Gasteiger partial charge is 0.411 e. The van der Waals surface area contributed by atoms with Crippen molar-refractivity contribution in [3.63, 3.8) is 0 Å². The SMILES string of the molecule is C=CC/C(=N/O)c1ccc(C)cc1. The Balaban J connectivity index is 2.92. The Morgan fingerprint density at radius 1 is 1.46 bits per heavy atom. The molecule has 0 aliphatic heterocycles. The maximum atomic E-state index is 8.72. The predicted molar refractivity (Wildman–Crippen MR) is 54.3 cm³/mol. The first kappa shape index (κ1) is 9.52. The maximum absolute atomic E-state index is 8.72. The standard InChI is InChI=1S/C11H13NO/c1-3-4-11(12-13)10-7-5-9(2)6-8-10/h3,5-8,13H,1,4H2,2H3/b12-11-. The molecule has 0 radical (unpaired) electrons. The highest BCUT2D eigenvalue weighted by molar-refractivity contribution is 6.00. The summed E-state index contributed by atoms with van der Waals surface area (Å²) in [6.07, 6.45) is 2.30. The molecule has 2 heteroatoms. The molecule has 0 fully saturated rings. The summed E-state index contributed by atoms with van der Waals surface area (Å²) in [5.41, 5.74) is 2.78. The van der Waals surface area contributed by atoms with Crippen LogP contribution in [0.1, 0.15) is 17.5 Å².